The van der Waals surface area contributed by atoms with Crippen LogP contribution in [0.15, 0.2) is 28.8 Å². The summed E-state index contributed by atoms with van der Waals surface area (Å²) in [5.41, 5.74) is 1.04. The Balaban J connectivity index is 2.11. The molecule has 0 aliphatic heterocycles. The highest BCUT2D eigenvalue weighted by Crippen LogP contribution is 2.29. The maximum Gasteiger partial charge on any atom is 0.240 e. The van der Waals surface area contributed by atoms with Crippen molar-refractivity contribution >= 4 is 0 Å². The van der Waals surface area contributed by atoms with Crippen LogP contribution >= 0.6 is 0 Å². The number of hydrogen-bond donors (Lipinski definition) is 0. The van der Waals surface area contributed by atoms with Gasteiger partial charge in [-0.15, -0.1) is 0 Å². The molecular formula is C17H25N3O2. The van der Waals surface area contributed by atoms with E-state index in [1.165, 1.54) is 0 Å². The average molecular weight is 303 g/mol. The zero-order valence-electron chi connectivity index (χ0n) is 14.3. The van der Waals surface area contributed by atoms with Crippen LogP contribution in [0.25, 0.3) is 0 Å². The van der Waals surface area contributed by atoms with Gasteiger partial charge in [-0.05, 0) is 20.0 Å². The van der Waals surface area contributed by atoms with Crippen molar-refractivity contribution in [1.29, 1.82) is 0 Å². The van der Waals surface area contributed by atoms with E-state index >= 15 is 0 Å². The van der Waals surface area contributed by atoms with Gasteiger partial charge in [-0.3, -0.25) is 4.90 Å². The lowest BCUT2D eigenvalue weighted by Gasteiger charge is -2.24. The van der Waals surface area contributed by atoms with Gasteiger partial charge >= 0.3 is 0 Å². The minimum atomic E-state index is -0.103. The molecule has 2 aromatic rings. The number of benzene rings is 1. The first-order valence-electron chi connectivity index (χ1n) is 7.49. The van der Waals surface area contributed by atoms with E-state index in [-0.39, 0.29) is 11.5 Å². The molecule has 0 radical (unpaired) electrons. The van der Waals surface area contributed by atoms with Gasteiger partial charge in [0.1, 0.15) is 5.75 Å². The van der Waals surface area contributed by atoms with Crippen LogP contribution in [0.2, 0.25) is 0 Å². The largest absolute Gasteiger partial charge is 0.496 e. The maximum atomic E-state index is 5.44. The van der Waals surface area contributed by atoms with Crippen LogP contribution < -0.4 is 4.74 Å². The van der Waals surface area contributed by atoms with Crippen LogP contribution in [-0.4, -0.2) is 29.2 Å². The van der Waals surface area contributed by atoms with Crippen molar-refractivity contribution in [3.8, 4) is 5.75 Å². The minimum absolute atomic E-state index is 0.103. The highest BCUT2D eigenvalue weighted by atomic mass is 16.5. The molecule has 0 bridgehead atoms. The maximum absolute atomic E-state index is 5.44. The van der Waals surface area contributed by atoms with E-state index in [4.69, 9.17) is 9.26 Å². The predicted molar refractivity (Wildman–Crippen MR) is 85.9 cm³/mol. The Morgan fingerprint density at radius 2 is 1.95 bits per heavy atom. The van der Waals surface area contributed by atoms with Gasteiger partial charge in [-0.1, -0.05) is 44.1 Å². The Kier molecular flexibility index (Phi) is 4.86. The van der Waals surface area contributed by atoms with Crippen molar-refractivity contribution in [1.82, 2.24) is 15.0 Å². The molecule has 0 aliphatic rings. The molecule has 1 aromatic carbocycles. The van der Waals surface area contributed by atoms with Crippen LogP contribution in [0, 0.1) is 0 Å². The Morgan fingerprint density at radius 3 is 2.55 bits per heavy atom. The normalized spacial score (nSPS) is 13.4. The fourth-order valence-electron chi connectivity index (χ4n) is 2.22. The van der Waals surface area contributed by atoms with Gasteiger partial charge in [-0.25, -0.2) is 0 Å². The van der Waals surface area contributed by atoms with Gasteiger partial charge in [0.05, 0.1) is 13.7 Å². The molecule has 0 unspecified atom stereocenters. The fraction of sp³-hybridized carbons (Fsp3) is 0.529. The predicted octanol–water partition coefficient (Wildman–Crippen LogP) is 3.57. The molecule has 1 aromatic heterocycles. The van der Waals surface area contributed by atoms with E-state index in [2.05, 4.69) is 48.8 Å². The molecule has 0 amide bonds. The molecule has 1 atom stereocenters. The third-order valence-electron chi connectivity index (χ3n) is 3.77. The van der Waals surface area contributed by atoms with Crippen molar-refractivity contribution in [2.75, 3.05) is 14.2 Å². The van der Waals surface area contributed by atoms with Crippen LogP contribution in [0.3, 0.4) is 0 Å². The van der Waals surface area contributed by atoms with Gasteiger partial charge in [0.15, 0.2) is 5.82 Å². The molecule has 2 rings (SSSR count). The topological polar surface area (TPSA) is 51.4 Å². The van der Waals surface area contributed by atoms with Crippen LogP contribution in [-0.2, 0) is 12.0 Å². The summed E-state index contributed by atoms with van der Waals surface area (Å²) in [7, 11) is 3.73. The smallest absolute Gasteiger partial charge is 0.240 e. The second-order valence-corrected chi connectivity index (χ2v) is 6.59. The van der Waals surface area contributed by atoms with Crippen LogP contribution in [0.1, 0.15) is 51.0 Å². The van der Waals surface area contributed by atoms with Gasteiger partial charge in [0, 0.05) is 17.0 Å². The second-order valence-electron chi connectivity index (χ2n) is 6.59. The lowest BCUT2D eigenvalue weighted by Crippen LogP contribution is -2.22. The monoisotopic (exact) mass is 303 g/mol. The van der Waals surface area contributed by atoms with Crippen molar-refractivity contribution < 1.29 is 9.26 Å². The molecule has 0 aliphatic carbocycles. The molecule has 1 heterocycles. The number of aromatic nitrogens is 2. The van der Waals surface area contributed by atoms with E-state index in [0.29, 0.717) is 12.4 Å². The molecule has 0 fully saturated rings. The first-order valence-corrected chi connectivity index (χ1v) is 7.49. The fourth-order valence-corrected chi connectivity index (χ4v) is 2.22. The molecule has 5 nitrogen and oxygen atoms in total. The van der Waals surface area contributed by atoms with E-state index < -0.39 is 0 Å². The number of rotatable bonds is 5. The van der Waals surface area contributed by atoms with Crippen molar-refractivity contribution in [3.05, 3.63) is 41.5 Å². The van der Waals surface area contributed by atoms with E-state index in [9.17, 15) is 0 Å². The first-order chi connectivity index (χ1) is 10.3. The third kappa shape index (κ3) is 3.65. The van der Waals surface area contributed by atoms with Crippen molar-refractivity contribution in [2.45, 2.75) is 45.7 Å². The van der Waals surface area contributed by atoms with Gasteiger partial charge in [-0.2, -0.15) is 4.98 Å². The molecule has 0 saturated heterocycles. The van der Waals surface area contributed by atoms with E-state index in [0.717, 1.165) is 17.1 Å². The summed E-state index contributed by atoms with van der Waals surface area (Å²) in [5, 5.41) is 4.07. The summed E-state index contributed by atoms with van der Waals surface area (Å²) >= 11 is 0. The highest BCUT2D eigenvalue weighted by Gasteiger charge is 2.23. The molecule has 0 saturated carbocycles. The minimum Gasteiger partial charge on any atom is -0.496 e. The Bertz CT molecular complexity index is 616. The molecular weight excluding hydrogens is 278 g/mol. The lowest BCUT2D eigenvalue weighted by atomic mass is 9.96. The number of hydrogen-bond acceptors (Lipinski definition) is 5. The Labute approximate surface area is 132 Å². The Hall–Kier alpha value is -1.88. The van der Waals surface area contributed by atoms with Gasteiger partial charge in [0.2, 0.25) is 5.89 Å². The lowest BCUT2D eigenvalue weighted by molar-refractivity contribution is 0.212. The second kappa shape index (κ2) is 6.48. The van der Waals surface area contributed by atoms with Crippen molar-refractivity contribution in [3.63, 3.8) is 0 Å². The number of para-hydroxylation sites is 1. The number of methoxy groups -OCH3 is 1. The van der Waals surface area contributed by atoms with E-state index in [1.54, 1.807) is 7.11 Å². The molecule has 0 spiro atoms. The summed E-state index contributed by atoms with van der Waals surface area (Å²) in [6.45, 7) is 8.95. The molecule has 0 N–H and O–H groups in total. The summed E-state index contributed by atoms with van der Waals surface area (Å²) in [6, 6.07) is 8.23. The van der Waals surface area contributed by atoms with E-state index in [1.807, 2.05) is 25.2 Å². The molecule has 5 heteroatoms. The summed E-state index contributed by atoms with van der Waals surface area (Å²) < 4.78 is 10.8. The standard InChI is InChI=1S/C17H25N3O2/c1-12(13-9-7-8-10-14(13)21-6)20(5)11-15-18-16(19-22-15)17(2,3)4/h7-10,12H,11H2,1-6H3/t12-/m1/s1. The summed E-state index contributed by atoms with van der Waals surface area (Å²) in [4.78, 5) is 6.65. The van der Waals surface area contributed by atoms with Gasteiger partial charge in [0.25, 0.3) is 0 Å². The summed E-state index contributed by atoms with van der Waals surface area (Å²) in [5.74, 6) is 2.26. The van der Waals surface area contributed by atoms with Gasteiger partial charge < -0.3 is 9.26 Å². The zero-order chi connectivity index (χ0) is 16.3. The molecule has 120 valence electrons. The average Bonchev–Trinajstić information content (AvgIpc) is 2.95. The van der Waals surface area contributed by atoms with Crippen LogP contribution in [0.5, 0.6) is 5.75 Å². The first kappa shape index (κ1) is 16.5. The number of nitrogens with zero attached hydrogens (tertiary/aromatic N) is 3. The van der Waals surface area contributed by atoms with Crippen molar-refractivity contribution in [2.24, 2.45) is 0 Å². The summed E-state index contributed by atoms with van der Waals surface area (Å²) in [6.07, 6.45) is 0. The highest BCUT2D eigenvalue weighted by molar-refractivity contribution is 5.35. The zero-order valence-corrected chi connectivity index (χ0v) is 14.3. The quantitative estimate of drug-likeness (QED) is 0.845. The third-order valence-corrected chi connectivity index (χ3v) is 3.77. The molecule has 22 heavy (non-hydrogen) atoms. The number of ether oxygens (including phenoxy) is 1. The SMILES string of the molecule is COc1ccccc1[C@@H](C)N(C)Cc1nc(C(C)(C)C)no1. The van der Waals surface area contributed by atoms with Crippen LogP contribution in [0.4, 0.5) is 0 Å². The Morgan fingerprint density at radius 1 is 1.27 bits per heavy atom.